The Morgan fingerprint density at radius 3 is 0.865 bits per heavy atom. The van der Waals surface area contributed by atoms with Gasteiger partial charge in [0.25, 0.3) is 0 Å². The minimum absolute atomic E-state index is 0.117. The maximum Gasteiger partial charge on any atom is 0.460 e. The molecule has 0 saturated heterocycles. The Labute approximate surface area is 269 Å². The summed E-state index contributed by atoms with van der Waals surface area (Å²) in [6, 6.07) is 0. The molecule has 0 aromatic heterocycles. The number of halogens is 26. The first-order valence-corrected chi connectivity index (χ1v) is 12.3. The number of carbonyl (C=O) groups is 2. The molecule has 0 N–H and O–H groups in total. The van der Waals surface area contributed by atoms with Gasteiger partial charge in [0.2, 0.25) is 0 Å². The summed E-state index contributed by atoms with van der Waals surface area (Å²) in [6.07, 6.45) is -21.2. The zero-order valence-corrected chi connectivity index (χ0v) is 24.0. The molecule has 0 heterocycles. The molecule has 0 saturated carbocycles. The van der Waals surface area contributed by atoms with Gasteiger partial charge >= 0.3 is 83.5 Å². The predicted molar refractivity (Wildman–Crippen MR) is 111 cm³/mol. The average molecular weight is 836 g/mol. The molecule has 4 nitrogen and oxygen atoms in total. The molecule has 52 heavy (non-hydrogen) atoms. The van der Waals surface area contributed by atoms with Gasteiger partial charge in [0.1, 0.15) is 0 Å². The van der Waals surface area contributed by atoms with E-state index in [1.165, 1.54) is 0 Å². The molecule has 0 aliphatic carbocycles. The van der Waals surface area contributed by atoms with Crippen molar-refractivity contribution in [1.82, 2.24) is 0 Å². The number of rotatable bonds is 17. The maximum absolute atomic E-state index is 13.8. The van der Waals surface area contributed by atoms with Crippen LogP contribution in [0.15, 0.2) is 12.2 Å². The van der Waals surface area contributed by atoms with Crippen LogP contribution in [0.5, 0.6) is 0 Å². The molecular weight excluding hydrogens is 822 g/mol. The molecule has 0 aromatic rings. The zero-order chi connectivity index (χ0) is 42.4. The summed E-state index contributed by atoms with van der Waals surface area (Å²) >= 11 is 0. The Hall–Kier alpha value is -3.14. The van der Waals surface area contributed by atoms with Gasteiger partial charge in [-0.2, -0.15) is 114 Å². The molecule has 308 valence electrons. The van der Waals surface area contributed by atoms with Crippen LogP contribution in [-0.4, -0.2) is 96.7 Å². The summed E-state index contributed by atoms with van der Waals surface area (Å²) in [7, 11) is 0. The van der Waals surface area contributed by atoms with Crippen LogP contribution in [0.2, 0.25) is 0 Å². The van der Waals surface area contributed by atoms with Gasteiger partial charge in [-0.1, -0.05) is 12.2 Å². The van der Waals surface area contributed by atoms with Gasteiger partial charge < -0.3 is 9.47 Å². The van der Waals surface area contributed by atoms with Crippen LogP contribution in [0.4, 0.5) is 114 Å². The maximum atomic E-state index is 13.8. The van der Waals surface area contributed by atoms with E-state index < -0.39 is 115 Å². The highest BCUT2D eigenvalue weighted by Gasteiger charge is 2.92. The van der Waals surface area contributed by atoms with Crippen LogP contribution in [0.3, 0.4) is 0 Å². The largest absolute Gasteiger partial charge is 0.465 e. The highest BCUT2D eigenvalue weighted by Crippen LogP contribution is 2.62. The van der Waals surface area contributed by atoms with Gasteiger partial charge in [-0.25, -0.2) is 0 Å². The highest BCUT2D eigenvalue weighted by molar-refractivity contribution is 5.97. The monoisotopic (exact) mass is 836 g/mol. The molecule has 30 heteroatoms. The second kappa shape index (κ2) is 14.3. The first-order chi connectivity index (χ1) is 22.5. The summed E-state index contributed by atoms with van der Waals surface area (Å²) in [5.74, 6) is -86.4. The quantitative estimate of drug-likeness (QED) is 0.0635. The van der Waals surface area contributed by atoms with Crippen LogP contribution in [0.1, 0.15) is 19.8 Å². The molecule has 0 atom stereocenters. The van der Waals surface area contributed by atoms with Crippen LogP contribution in [0, 0.1) is 5.92 Å². The van der Waals surface area contributed by atoms with Gasteiger partial charge in [-0.3, -0.25) is 9.59 Å². The molecular formula is C22H14F26O4. The van der Waals surface area contributed by atoms with Gasteiger partial charge in [-0.05, 0) is 6.92 Å². The molecule has 0 amide bonds. The SMILES string of the molecule is CC=CC(C(=O)OCCC(F)(F)C(F)(F)C(F)(F)C(F)(F)C(F)(F)C(F)(F)F)C(=O)OCCC(F)(F)C(F)(F)C(F)(F)C(F)(F)C(F)(F)C(F)(F)F. The van der Waals surface area contributed by atoms with Crippen molar-refractivity contribution in [3.05, 3.63) is 12.2 Å². The van der Waals surface area contributed by atoms with E-state index in [1.807, 2.05) is 0 Å². The summed E-state index contributed by atoms with van der Waals surface area (Å²) in [6.45, 7) is -4.19. The van der Waals surface area contributed by atoms with E-state index in [0.29, 0.717) is 6.08 Å². The lowest BCUT2D eigenvalue weighted by Crippen LogP contribution is -2.70. The first-order valence-electron chi connectivity index (χ1n) is 12.3. The minimum atomic E-state index is -8.30. The fraction of sp³-hybridized carbons (Fsp3) is 0.818. The van der Waals surface area contributed by atoms with Crippen molar-refractivity contribution in [1.29, 1.82) is 0 Å². The third kappa shape index (κ3) is 7.88. The number of alkyl halides is 26. The summed E-state index contributed by atoms with van der Waals surface area (Å²) in [5.41, 5.74) is 0. The van der Waals surface area contributed by atoms with Crippen LogP contribution >= 0.6 is 0 Å². The van der Waals surface area contributed by atoms with Crippen molar-refractivity contribution in [2.75, 3.05) is 13.2 Å². The van der Waals surface area contributed by atoms with E-state index in [4.69, 9.17) is 0 Å². The Kier molecular flexibility index (Phi) is 13.4. The van der Waals surface area contributed by atoms with Crippen molar-refractivity contribution >= 4 is 11.9 Å². The second-order valence-corrected chi connectivity index (χ2v) is 9.84. The Balaban J connectivity index is 5.92. The van der Waals surface area contributed by atoms with E-state index in [-0.39, 0.29) is 6.08 Å². The van der Waals surface area contributed by atoms with Crippen LogP contribution < -0.4 is 0 Å². The smallest absolute Gasteiger partial charge is 0.460 e. The number of esters is 2. The van der Waals surface area contributed by atoms with Gasteiger partial charge in [0, 0.05) is 0 Å². The number of allylic oxidation sites excluding steroid dienone is 1. The normalized spacial score (nSPS) is 15.8. The molecule has 0 unspecified atom stereocenters. The average Bonchev–Trinajstić information content (AvgIpc) is 2.93. The Bertz CT molecular complexity index is 1200. The molecule has 0 fully saturated rings. The van der Waals surface area contributed by atoms with E-state index in [9.17, 15) is 124 Å². The number of hydrogen-bond donors (Lipinski definition) is 0. The van der Waals surface area contributed by atoms with Crippen molar-refractivity contribution in [2.45, 2.75) is 91.3 Å². The second-order valence-electron chi connectivity index (χ2n) is 9.84. The third-order valence-corrected chi connectivity index (χ3v) is 6.21. The molecule has 0 spiro atoms. The fourth-order valence-electron chi connectivity index (χ4n) is 3.10. The van der Waals surface area contributed by atoms with Crippen molar-refractivity contribution in [3.8, 4) is 0 Å². The molecule has 0 aliphatic rings. The molecule has 0 bridgehead atoms. The number of hydrogen-bond acceptors (Lipinski definition) is 4. The van der Waals surface area contributed by atoms with Gasteiger partial charge in [-0.15, -0.1) is 0 Å². The molecule has 0 rings (SSSR count). The summed E-state index contributed by atoms with van der Waals surface area (Å²) in [4.78, 5) is 23.9. The van der Waals surface area contributed by atoms with Crippen molar-refractivity contribution < 1.29 is 133 Å². The zero-order valence-electron chi connectivity index (χ0n) is 24.0. The van der Waals surface area contributed by atoms with Crippen molar-refractivity contribution in [3.63, 3.8) is 0 Å². The van der Waals surface area contributed by atoms with E-state index >= 15 is 0 Å². The van der Waals surface area contributed by atoms with Crippen LogP contribution in [-0.2, 0) is 19.1 Å². The van der Waals surface area contributed by atoms with E-state index in [2.05, 4.69) is 9.47 Å². The Morgan fingerprint density at radius 2 is 0.654 bits per heavy atom. The first kappa shape index (κ1) is 48.9. The lowest BCUT2D eigenvalue weighted by atomic mass is 9.93. The standard InChI is InChI=1S/C22H14F26O4/c1-2-3-8(9(49)51-6-4-11(23,24)13(27,28)15(31,32)17(35,36)19(39,40)21(43,44)45)10(50)52-7-5-12(25,26)14(29,30)16(33,34)18(37,38)20(41,42)22(46,47)48/h2-3,8H,4-7H2,1H3. The van der Waals surface area contributed by atoms with Crippen LogP contribution in [0.25, 0.3) is 0 Å². The van der Waals surface area contributed by atoms with Gasteiger partial charge in [0.15, 0.2) is 5.92 Å². The van der Waals surface area contributed by atoms with E-state index in [1.54, 1.807) is 0 Å². The Morgan fingerprint density at radius 1 is 0.423 bits per heavy atom. The summed E-state index contributed by atoms with van der Waals surface area (Å²) in [5, 5.41) is 0. The van der Waals surface area contributed by atoms with E-state index in [0.717, 1.165) is 6.92 Å². The topological polar surface area (TPSA) is 52.6 Å². The lowest BCUT2D eigenvalue weighted by Gasteiger charge is -2.39. The van der Waals surface area contributed by atoms with Crippen molar-refractivity contribution in [2.24, 2.45) is 5.92 Å². The highest BCUT2D eigenvalue weighted by atomic mass is 19.4. The fourth-order valence-corrected chi connectivity index (χ4v) is 3.10. The number of carbonyl (C=O) groups excluding carboxylic acids is 2. The third-order valence-electron chi connectivity index (χ3n) is 6.21. The number of ether oxygens (including phenoxy) is 2. The predicted octanol–water partition coefficient (Wildman–Crippen LogP) is 9.52. The molecule has 0 radical (unpaired) electrons. The lowest BCUT2D eigenvalue weighted by molar-refractivity contribution is -0.440. The van der Waals surface area contributed by atoms with Gasteiger partial charge in [0.05, 0.1) is 26.1 Å². The molecule has 0 aliphatic heterocycles. The molecule has 0 aromatic carbocycles. The summed E-state index contributed by atoms with van der Waals surface area (Å²) < 4.78 is 349. The minimum Gasteiger partial charge on any atom is -0.465 e.